The lowest BCUT2D eigenvalue weighted by atomic mass is 9.79. The normalized spacial score (nSPS) is 26.8. The van der Waals surface area contributed by atoms with Crippen molar-refractivity contribution >= 4 is 33.0 Å². The van der Waals surface area contributed by atoms with E-state index in [1.807, 2.05) is 6.07 Å². The molecule has 1 aromatic heterocycles. The van der Waals surface area contributed by atoms with Crippen molar-refractivity contribution in [3.05, 3.63) is 35.3 Å². The fourth-order valence-electron chi connectivity index (χ4n) is 4.23. The molecule has 5 rings (SSSR count). The molecular formula is C19H24N4O3S2. The van der Waals surface area contributed by atoms with Crippen LogP contribution in [0.2, 0.25) is 0 Å². The molecule has 0 spiro atoms. The first-order chi connectivity index (χ1) is 13.3. The number of nitrogens with one attached hydrogen (secondary N) is 2. The van der Waals surface area contributed by atoms with Crippen LogP contribution in [0.5, 0.6) is 0 Å². The molecule has 2 atom stereocenters. The highest BCUT2D eigenvalue weighted by Gasteiger charge is 2.40. The van der Waals surface area contributed by atoms with Crippen LogP contribution in [-0.4, -0.2) is 55.6 Å². The summed E-state index contributed by atoms with van der Waals surface area (Å²) in [7, 11) is -3.40. The molecule has 28 heavy (non-hydrogen) atoms. The van der Waals surface area contributed by atoms with Crippen molar-refractivity contribution in [2.75, 3.05) is 24.1 Å². The van der Waals surface area contributed by atoms with Gasteiger partial charge >= 0.3 is 0 Å². The van der Waals surface area contributed by atoms with Crippen LogP contribution in [0.15, 0.2) is 30.5 Å². The second-order valence-electron chi connectivity index (χ2n) is 7.56. The van der Waals surface area contributed by atoms with Crippen LogP contribution < -0.4 is 10.0 Å². The molecule has 2 bridgehead atoms. The molecule has 0 aliphatic carbocycles. The largest absolute Gasteiger partial charge is 0.347 e. The Kier molecular flexibility index (Phi) is 5.15. The first kappa shape index (κ1) is 19.4. The van der Waals surface area contributed by atoms with E-state index in [1.54, 1.807) is 24.4 Å². The molecule has 3 aliphatic heterocycles. The SMILES string of the molecule is C[C@@H]1[C@H](NC(=O)c2cnc(-c3ccccc3NS(C)(=O)=O)s2)C2CCN1CC2. The summed E-state index contributed by atoms with van der Waals surface area (Å²) in [6, 6.07) is 7.57. The van der Waals surface area contributed by atoms with Crippen molar-refractivity contribution in [1.29, 1.82) is 0 Å². The van der Waals surface area contributed by atoms with Gasteiger partial charge in [-0.15, -0.1) is 11.3 Å². The lowest BCUT2D eigenvalue weighted by molar-refractivity contribution is 0.0218. The van der Waals surface area contributed by atoms with E-state index in [4.69, 9.17) is 0 Å². The van der Waals surface area contributed by atoms with Gasteiger partial charge in [-0.2, -0.15) is 0 Å². The maximum absolute atomic E-state index is 12.8. The summed E-state index contributed by atoms with van der Waals surface area (Å²) < 4.78 is 25.7. The minimum Gasteiger partial charge on any atom is -0.347 e. The third kappa shape index (κ3) is 3.92. The summed E-state index contributed by atoms with van der Waals surface area (Å²) >= 11 is 1.27. The molecule has 2 N–H and O–H groups in total. The second-order valence-corrected chi connectivity index (χ2v) is 10.3. The van der Waals surface area contributed by atoms with Gasteiger partial charge in [0.2, 0.25) is 10.0 Å². The molecule has 0 saturated carbocycles. The molecule has 0 unspecified atom stereocenters. The molecule has 1 amide bonds. The third-order valence-electron chi connectivity index (χ3n) is 5.66. The molecule has 0 radical (unpaired) electrons. The summed E-state index contributed by atoms with van der Waals surface area (Å²) in [6.07, 6.45) is 4.94. The molecule has 7 nitrogen and oxygen atoms in total. The zero-order valence-corrected chi connectivity index (χ0v) is 17.5. The smallest absolute Gasteiger partial charge is 0.263 e. The fraction of sp³-hybridized carbons (Fsp3) is 0.474. The highest BCUT2D eigenvalue weighted by atomic mass is 32.2. The number of nitrogens with zero attached hydrogens (tertiary/aromatic N) is 2. The van der Waals surface area contributed by atoms with E-state index in [1.165, 1.54) is 11.3 Å². The highest BCUT2D eigenvalue weighted by Crippen LogP contribution is 2.34. The van der Waals surface area contributed by atoms with E-state index >= 15 is 0 Å². The van der Waals surface area contributed by atoms with Gasteiger partial charge in [0.1, 0.15) is 9.88 Å². The lowest BCUT2D eigenvalue weighted by Crippen LogP contribution is -2.62. The quantitative estimate of drug-likeness (QED) is 0.775. The Bertz CT molecular complexity index is 979. The fourth-order valence-corrected chi connectivity index (χ4v) is 5.67. The van der Waals surface area contributed by atoms with Crippen LogP contribution in [0.4, 0.5) is 5.69 Å². The van der Waals surface area contributed by atoms with E-state index in [-0.39, 0.29) is 11.9 Å². The molecule has 150 valence electrons. The Morgan fingerprint density at radius 3 is 2.64 bits per heavy atom. The summed E-state index contributed by atoms with van der Waals surface area (Å²) in [5.74, 6) is 0.430. The predicted octanol–water partition coefficient (Wildman–Crippen LogP) is 2.39. The number of amides is 1. The van der Waals surface area contributed by atoms with Gasteiger partial charge in [0, 0.05) is 17.6 Å². The van der Waals surface area contributed by atoms with Crippen molar-refractivity contribution in [3.8, 4) is 10.6 Å². The number of para-hydroxylation sites is 1. The van der Waals surface area contributed by atoms with Crippen molar-refractivity contribution < 1.29 is 13.2 Å². The lowest BCUT2D eigenvalue weighted by Gasteiger charge is -2.49. The number of rotatable bonds is 5. The first-order valence-electron chi connectivity index (χ1n) is 9.40. The molecule has 3 aliphatic rings. The van der Waals surface area contributed by atoms with E-state index in [0.717, 1.165) is 32.2 Å². The van der Waals surface area contributed by atoms with Crippen molar-refractivity contribution in [2.24, 2.45) is 5.92 Å². The number of piperidine rings is 3. The van der Waals surface area contributed by atoms with E-state index in [2.05, 4.69) is 26.8 Å². The molecule has 3 fully saturated rings. The predicted molar refractivity (Wildman–Crippen MR) is 111 cm³/mol. The van der Waals surface area contributed by atoms with Crippen LogP contribution in [0.3, 0.4) is 0 Å². The van der Waals surface area contributed by atoms with Crippen LogP contribution in [0, 0.1) is 5.92 Å². The summed E-state index contributed by atoms with van der Waals surface area (Å²) in [6.45, 7) is 4.42. The van der Waals surface area contributed by atoms with Gasteiger partial charge in [0.15, 0.2) is 0 Å². The van der Waals surface area contributed by atoms with Gasteiger partial charge in [-0.3, -0.25) is 14.4 Å². The Labute approximate surface area is 169 Å². The van der Waals surface area contributed by atoms with Crippen LogP contribution >= 0.6 is 11.3 Å². The molecular weight excluding hydrogens is 396 g/mol. The number of sulfonamides is 1. The molecule has 1 aromatic carbocycles. The monoisotopic (exact) mass is 420 g/mol. The Balaban J connectivity index is 1.53. The van der Waals surface area contributed by atoms with Gasteiger partial charge in [-0.1, -0.05) is 12.1 Å². The maximum Gasteiger partial charge on any atom is 0.263 e. The molecule has 4 heterocycles. The van der Waals surface area contributed by atoms with Crippen LogP contribution in [0.25, 0.3) is 10.6 Å². The van der Waals surface area contributed by atoms with Gasteiger partial charge in [-0.25, -0.2) is 13.4 Å². The maximum atomic E-state index is 12.8. The second kappa shape index (κ2) is 7.46. The van der Waals surface area contributed by atoms with Gasteiger partial charge in [0.25, 0.3) is 5.91 Å². The number of carbonyl (C=O) groups excluding carboxylic acids is 1. The van der Waals surface area contributed by atoms with E-state index < -0.39 is 10.0 Å². The zero-order chi connectivity index (χ0) is 19.9. The van der Waals surface area contributed by atoms with Gasteiger partial charge in [0.05, 0.1) is 18.1 Å². The third-order valence-corrected chi connectivity index (χ3v) is 7.28. The Morgan fingerprint density at radius 2 is 1.96 bits per heavy atom. The van der Waals surface area contributed by atoms with Crippen molar-refractivity contribution in [3.63, 3.8) is 0 Å². The minimum atomic E-state index is -3.40. The molecule has 9 heteroatoms. The topological polar surface area (TPSA) is 91.4 Å². The number of aromatic nitrogens is 1. The van der Waals surface area contributed by atoms with E-state index in [9.17, 15) is 13.2 Å². The molecule has 2 aromatic rings. The number of carbonyl (C=O) groups is 1. The van der Waals surface area contributed by atoms with Crippen LogP contribution in [0.1, 0.15) is 29.4 Å². The summed E-state index contributed by atoms with van der Waals surface area (Å²) in [4.78, 5) is 20.2. The highest BCUT2D eigenvalue weighted by molar-refractivity contribution is 7.92. The number of hydrogen-bond acceptors (Lipinski definition) is 6. The minimum absolute atomic E-state index is 0.108. The average molecular weight is 421 g/mol. The van der Waals surface area contributed by atoms with Crippen LogP contribution in [-0.2, 0) is 10.0 Å². The van der Waals surface area contributed by atoms with Gasteiger partial charge in [-0.05, 0) is 50.9 Å². The summed E-state index contributed by atoms with van der Waals surface area (Å²) in [5.41, 5.74) is 1.12. The number of benzene rings is 1. The van der Waals surface area contributed by atoms with E-state index in [0.29, 0.717) is 33.1 Å². The summed E-state index contributed by atoms with van der Waals surface area (Å²) in [5, 5.41) is 3.82. The molecule has 3 saturated heterocycles. The average Bonchev–Trinajstić information content (AvgIpc) is 3.14. The number of fused-ring (bicyclic) bond motifs is 3. The standard InChI is InChI=1S/C19H24N4O3S2/c1-12-17(13-7-9-23(12)10-8-13)21-18(24)16-11-20-19(27-16)14-5-3-4-6-15(14)22-28(2,25)26/h3-6,11-13,17,22H,7-10H2,1-2H3,(H,21,24)/t12-,17+/m1/s1. The number of thiazole rings is 1. The Hall–Kier alpha value is -1.97. The number of anilines is 1. The Morgan fingerprint density at radius 1 is 1.25 bits per heavy atom. The zero-order valence-electron chi connectivity index (χ0n) is 15.9. The van der Waals surface area contributed by atoms with Crippen molar-refractivity contribution in [2.45, 2.75) is 31.8 Å². The first-order valence-corrected chi connectivity index (χ1v) is 12.1. The van der Waals surface area contributed by atoms with Gasteiger partial charge < -0.3 is 5.32 Å². The number of hydrogen-bond donors (Lipinski definition) is 2. The van der Waals surface area contributed by atoms with Crippen molar-refractivity contribution in [1.82, 2.24) is 15.2 Å².